The Balaban J connectivity index is 2.09. The number of likely N-dealkylation sites (tertiary alicyclic amines) is 1. The number of hydrogen-bond donors (Lipinski definition) is 1. The monoisotopic (exact) mass is 532 g/mol. The van der Waals surface area contributed by atoms with E-state index in [2.05, 4.69) is 18.7 Å². The van der Waals surface area contributed by atoms with Crippen molar-refractivity contribution in [1.82, 2.24) is 9.80 Å². The molecule has 0 aromatic heterocycles. The van der Waals surface area contributed by atoms with Crippen LogP contribution in [0, 0.1) is 12.8 Å². The molecule has 1 aliphatic heterocycles. The fourth-order valence-corrected chi connectivity index (χ4v) is 4.63. The lowest BCUT2D eigenvalue weighted by atomic mass is 9.94. The lowest BCUT2D eigenvalue weighted by Crippen LogP contribution is -2.38. The van der Waals surface area contributed by atoms with E-state index in [1.807, 2.05) is 26.8 Å². The number of aryl methyl sites for hydroxylation is 1. The quantitative estimate of drug-likeness (QED) is 0.227. The average molecular weight is 533 g/mol. The Kier molecular flexibility index (Phi) is 9.45. The summed E-state index contributed by atoms with van der Waals surface area (Å²) < 4.78 is 5.80. The highest BCUT2D eigenvalue weighted by atomic mass is 35.5. The van der Waals surface area contributed by atoms with Crippen LogP contribution in [0.15, 0.2) is 42.0 Å². The van der Waals surface area contributed by atoms with E-state index in [1.54, 1.807) is 30.3 Å². The minimum absolute atomic E-state index is 0.0388. The first-order chi connectivity index (χ1) is 17.1. The Bertz CT molecular complexity index is 1160. The number of ether oxygens (including phenoxy) is 1. The smallest absolute Gasteiger partial charge is 0.295 e. The largest absolute Gasteiger partial charge is 0.507 e. The van der Waals surface area contributed by atoms with Crippen LogP contribution in [0.2, 0.25) is 10.0 Å². The first kappa shape index (κ1) is 28.0. The van der Waals surface area contributed by atoms with Crippen molar-refractivity contribution in [3.8, 4) is 5.75 Å². The van der Waals surface area contributed by atoms with Gasteiger partial charge >= 0.3 is 0 Å². The summed E-state index contributed by atoms with van der Waals surface area (Å²) in [5.41, 5.74) is 1.85. The van der Waals surface area contributed by atoms with Crippen molar-refractivity contribution >= 4 is 40.7 Å². The van der Waals surface area contributed by atoms with E-state index in [0.717, 1.165) is 18.7 Å². The number of hydrogen-bond acceptors (Lipinski definition) is 5. The average Bonchev–Trinajstić information content (AvgIpc) is 3.09. The van der Waals surface area contributed by atoms with E-state index in [0.29, 0.717) is 52.5 Å². The Morgan fingerprint density at radius 1 is 1.08 bits per heavy atom. The van der Waals surface area contributed by atoms with Crippen LogP contribution in [0.3, 0.4) is 0 Å². The van der Waals surface area contributed by atoms with Crippen LogP contribution in [-0.2, 0) is 9.59 Å². The van der Waals surface area contributed by atoms with Gasteiger partial charge in [0.05, 0.1) is 28.3 Å². The number of nitrogens with zero attached hydrogens (tertiary/aromatic N) is 2. The maximum Gasteiger partial charge on any atom is 0.295 e. The van der Waals surface area contributed by atoms with Crippen molar-refractivity contribution in [2.45, 2.75) is 40.7 Å². The summed E-state index contributed by atoms with van der Waals surface area (Å²) in [5, 5.41) is 12.1. The van der Waals surface area contributed by atoms with Crippen LogP contribution in [0.5, 0.6) is 5.75 Å². The number of Topliss-reactive ketones (excluding diaryl/α,β-unsaturated/α-hetero) is 1. The molecule has 194 valence electrons. The fourth-order valence-electron chi connectivity index (χ4n) is 4.33. The van der Waals surface area contributed by atoms with E-state index >= 15 is 0 Å². The highest BCUT2D eigenvalue weighted by molar-refractivity contribution is 6.47. The molecule has 3 rings (SSSR count). The molecule has 1 N–H and O–H groups in total. The molecule has 0 unspecified atom stereocenters. The van der Waals surface area contributed by atoms with Gasteiger partial charge in [-0.25, -0.2) is 0 Å². The third kappa shape index (κ3) is 6.05. The summed E-state index contributed by atoms with van der Waals surface area (Å²) in [7, 11) is 0. The lowest BCUT2D eigenvalue weighted by molar-refractivity contribution is -0.140. The normalized spacial score (nSPS) is 17.5. The maximum atomic E-state index is 13.3. The summed E-state index contributed by atoms with van der Waals surface area (Å²) in [5.74, 6) is -0.532. The summed E-state index contributed by atoms with van der Waals surface area (Å²) in [6.07, 6.45) is 0. The van der Waals surface area contributed by atoms with E-state index in [-0.39, 0.29) is 11.3 Å². The molecule has 8 heteroatoms. The number of aliphatic hydroxyl groups is 1. The summed E-state index contributed by atoms with van der Waals surface area (Å²) >= 11 is 12.4. The summed E-state index contributed by atoms with van der Waals surface area (Å²) in [6.45, 7) is 13.2. The molecule has 1 saturated heterocycles. The van der Waals surface area contributed by atoms with Gasteiger partial charge < -0.3 is 19.6 Å². The number of amides is 1. The number of rotatable bonds is 10. The zero-order valence-corrected chi connectivity index (χ0v) is 23.0. The molecule has 1 aliphatic rings. The number of halogens is 2. The second kappa shape index (κ2) is 12.1. The van der Waals surface area contributed by atoms with Gasteiger partial charge in [-0.2, -0.15) is 0 Å². The molecule has 1 atom stereocenters. The fraction of sp³-hybridized carbons (Fsp3) is 0.429. The third-order valence-corrected chi connectivity index (χ3v) is 7.13. The predicted molar refractivity (Wildman–Crippen MR) is 145 cm³/mol. The summed E-state index contributed by atoms with van der Waals surface area (Å²) in [4.78, 5) is 30.2. The van der Waals surface area contributed by atoms with Crippen LogP contribution >= 0.6 is 23.2 Å². The predicted octanol–water partition coefficient (Wildman–Crippen LogP) is 6.10. The van der Waals surface area contributed by atoms with Gasteiger partial charge in [-0.1, -0.05) is 57.0 Å². The van der Waals surface area contributed by atoms with Crippen molar-refractivity contribution in [2.24, 2.45) is 5.92 Å². The van der Waals surface area contributed by atoms with Crippen LogP contribution in [0.25, 0.3) is 5.76 Å². The minimum Gasteiger partial charge on any atom is -0.507 e. The number of likely N-dealkylation sites (N-methyl/N-ethyl adjacent to an activating group) is 1. The van der Waals surface area contributed by atoms with Crippen LogP contribution in [0.4, 0.5) is 0 Å². The van der Waals surface area contributed by atoms with Gasteiger partial charge in [-0.15, -0.1) is 0 Å². The number of benzene rings is 2. The third-order valence-electron chi connectivity index (χ3n) is 6.39. The van der Waals surface area contributed by atoms with Gasteiger partial charge in [0.1, 0.15) is 11.5 Å². The molecule has 0 spiro atoms. The second-order valence-corrected chi connectivity index (χ2v) is 10.2. The van der Waals surface area contributed by atoms with E-state index in [4.69, 9.17) is 27.9 Å². The van der Waals surface area contributed by atoms with Crippen molar-refractivity contribution in [1.29, 1.82) is 0 Å². The van der Waals surface area contributed by atoms with Crippen molar-refractivity contribution in [3.63, 3.8) is 0 Å². The SMILES string of the molecule is CCN(CC)CCN1C(=O)C(=O)C(=C(O)c2ccc(OCC(C)C)cc2C)[C@@H]1c1ccc(Cl)c(Cl)c1. The Hall–Kier alpha value is -2.54. The van der Waals surface area contributed by atoms with Gasteiger partial charge in [-0.05, 0) is 67.4 Å². The van der Waals surface area contributed by atoms with E-state index in [9.17, 15) is 14.7 Å². The highest BCUT2D eigenvalue weighted by Gasteiger charge is 2.46. The van der Waals surface area contributed by atoms with Gasteiger partial charge in [0, 0.05) is 18.7 Å². The Morgan fingerprint density at radius 3 is 2.36 bits per heavy atom. The number of aliphatic hydroxyl groups excluding tert-OH is 1. The first-order valence-corrected chi connectivity index (χ1v) is 13.0. The van der Waals surface area contributed by atoms with Crippen LogP contribution < -0.4 is 4.74 Å². The molecule has 1 heterocycles. The molecule has 1 amide bonds. The Labute approximate surface area is 223 Å². The number of carbonyl (C=O) groups excluding carboxylic acids is 2. The summed E-state index contributed by atoms with van der Waals surface area (Å²) in [6, 6.07) is 9.53. The first-order valence-electron chi connectivity index (χ1n) is 12.3. The molecule has 1 fully saturated rings. The van der Waals surface area contributed by atoms with Crippen molar-refractivity contribution in [2.75, 3.05) is 32.8 Å². The molecule has 36 heavy (non-hydrogen) atoms. The highest BCUT2D eigenvalue weighted by Crippen LogP contribution is 2.41. The van der Waals surface area contributed by atoms with Gasteiger partial charge in [0.15, 0.2) is 0 Å². The number of ketones is 1. The van der Waals surface area contributed by atoms with Gasteiger partial charge in [0.2, 0.25) is 0 Å². The van der Waals surface area contributed by atoms with Gasteiger partial charge in [0.25, 0.3) is 11.7 Å². The van der Waals surface area contributed by atoms with Gasteiger partial charge in [-0.3, -0.25) is 9.59 Å². The molecule has 0 aliphatic carbocycles. The Morgan fingerprint density at radius 2 is 1.78 bits per heavy atom. The minimum atomic E-state index is -0.786. The van der Waals surface area contributed by atoms with Crippen LogP contribution in [0.1, 0.15) is 50.4 Å². The molecular formula is C28H34Cl2N2O4. The number of carbonyl (C=O) groups is 2. The van der Waals surface area contributed by atoms with Crippen LogP contribution in [-0.4, -0.2) is 59.4 Å². The van der Waals surface area contributed by atoms with Crippen molar-refractivity contribution in [3.05, 3.63) is 68.7 Å². The molecule has 0 saturated carbocycles. The molecular weight excluding hydrogens is 499 g/mol. The zero-order chi connectivity index (χ0) is 26.6. The molecule has 2 aromatic rings. The molecule has 0 radical (unpaired) electrons. The maximum absolute atomic E-state index is 13.3. The molecule has 0 bridgehead atoms. The second-order valence-electron chi connectivity index (χ2n) is 9.37. The van der Waals surface area contributed by atoms with E-state index < -0.39 is 17.7 Å². The standard InChI is InChI=1S/C28H34Cl2N2O4/c1-6-31(7-2)12-13-32-25(19-8-11-22(29)23(30)15-19)24(27(34)28(32)35)26(33)21-10-9-20(14-18(21)5)36-16-17(3)4/h8-11,14-15,17,25,33H,6-7,12-13,16H2,1-5H3/t25-/m0/s1. The molecule has 6 nitrogen and oxygen atoms in total. The molecule has 2 aromatic carbocycles. The zero-order valence-electron chi connectivity index (χ0n) is 21.5. The van der Waals surface area contributed by atoms with E-state index in [1.165, 1.54) is 4.90 Å². The topological polar surface area (TPSA) is 70.1 Å². The lowest BCUT2D eigenvalue weighted by Gasteiger charge is -2.28. The van der Waals surface area contributed by atoms with Crippen molar-refractivity contribution < 1.29 is 19.4 Å².